The van der Waals surface area contributed by atoms with Crippen molar-refractivity contribution in [2.24, 2.45) is 0 Å². The summed E-state index contributed by atoms with van der Waals surface area (Å²) in [7, 11) is 0. The highest BCUT2D eigenvalue weighted by Crippen LogP contribution is 2.37. The fourth-order valence-corrected chi connectivity index (χ4v) is 6.82. The number of benzene rings is 5. The lowest BCUT2D eigenvalue weighted by Gasteiger charge is -2.15. The Morgan fingerprint density at radius 3 is 2.11 bits per heavy atom. The van der Waals surface area contributed by atoms with E-state index in [2.05, 4.69) is 127 Å². The van der Waals surface area contributed by atoms with Crippen molar-refractivity contribution in [3.05, 3.63) is 157 Å². The smallest absolute Gasteiger partial charge is 0.163 e. The Morgan fingerprint density at radius 1 is 0.596 bits per heavy atom. The molecule has 47 heavy (non-hydrogen) atoms. The molecule has 4 heteroatoms. The van der Waals surface area contributed by atoms with E-state index in [1.165, 1.54) is 22.3 Å². The number of nitrogens with zero attached hydrogens (tertiary/aromatic N) is 3. The molecular formula is C43H31N3O. The molecule has 7 aromatic rings. The summed E-state index contributed by atoms with van der Waals surface area (Å²) in [4.78, 5) is 15.0. The highest BCUT2D eigenvalue weighted by atomic mass is 16.3. The van der Waals surface area contributed by atoms with Gasteiger partial charge in [-0.05, 0) is 70.8 Å². The standard InChI is InChI=1S/C43H31N3O/c1-2-10-31(11-3-1)41-44-42(32-22-17-29(18-23-32)35-26-19-28-9-4-5-12-34(28)27-35)46-43(45-41)33-24-20-30(21-25-33)36-14-8-16-39-40(36)37-13-6-7-15-38(37)47-39/h1-3,5-8,10,12-27,31H,4,9,11H2. The van der Waals surface area contributed by atoms with Crippen molar-refractivity contribution in [3.8, 4) is 45.0 Å². The molecule has 5 aromatic carbocycles. The third-order valence-corrected chi connectivity index (χ3v) is 9.32. The molecule has 0 spiro atoms. The first-order valence-electron chi connectivity index (χ1n) is 16.3. The molecule has 2 aromatic heterocycles. The highest BCUT2D eigenvalue weighted by Gasteiger charge is 2.18. The van der Waals surface area contributed by atoms with Gasteiger partial charge in [0, 0.05) is 27.8 Å². The molecule has 0 saturated heterocycles. The zero-order valence-electron chi connectivity index (χ0n) is 25.8. The second kappa shape index (κ2) is 11.5. The number of hydrogen-bond acceptors (Lipinski definition) is 4. The van der Waals surface area contributed by atoms with E-state index in [0.29, 0.717) is 11.6 Å². The van der Waals surface area contributed by atoms with Gasteiger partial charge in [-0.2, -0.15) is 0 Å². The number of aryl methyl sites for hydroxylation is 1. The summed E-state index contributed by atoms with van der Waals surface area (Å²) in [6.45, 7) is 0. The Labute approximate surface area is 273 Å². The monoisotopic (exact) mass is 605 g/mol. The van der Waals surface area contributed by atoms with Crippen LogP contribution < -0.4 is 0 Å². The molecule has 2 aliphatic rings. The molecule has 2 aliphatic carbocycles. The normalized spacial score (nSPS) is 15.4. The van der Waals surface area contributed by atoms with Crippen molar-refractivity contribution in [2.45, 2.75) is 25.2 Å². The first-order chi connectivity index (χ1) is 23.3. The number of hydrogen-bond donors (Lipinski definition) is 0. The van der Waals surface area contributed by atoms with Crippen LogP contribution in [0, 0.1) is 0 Å². The third-order valence-electron chi connectivity index (χ3n) is 9.32. The van der Waals surface area contributed by atoms with Crippen LogP contribution in [0.4, 0.5) is 0 Å². The molecule has 0 amide bonds. The van der Waals surface area contributed by atoms with Gasteiger partial charge in [0.1, 0.15) is 17.0 Å². The van der Waals surface area contributed by atoms with E-state index in [1.807, 2.05) is 18.2 Å². The topological polar surface area (TPSA) is 51.8 Å². The summed E-state index contributed by atoms with van der Waals surface area (Å²) in [6.07, 6.45) is 16.1. The van der Waals surface area contributed by atoms with Crippen molar-refractivity contribution in [1.29, 1.82) is 0 Å². The van der Waals surface area contributed by atoms with E-state index in [9.17, 15) is 0 Å². The Balaban J connectivity index is 1.08. The maximum absolute atomic E-state index is 6.15. The van der Waals surface area contributed by atoms with Crippen LogP contribution in [-0.4, -0.2) is 15.0 Å². The molecule has 0 radical (unpaired) electrons. The maximum Gasteiger partial charge on any atom is 0.163 e. The first-order valence-corrected chi connectivity index (χ1v) is 16.3. The fourth-order valence-electron chi connectivity index (χ4n) is 6.82. The van der Waals surface area contributed by atoms with Crippen LogP contribution in [0.5, 0.6) is 0 Å². The van der Waals surface area contributed by atoms with Gasteiger partial charge in [0.2, 0.25) is 0 Å². The summed E-state index contributed by atoms with van der Waals surface area (Å²) < 4.78 is 6.15. The minimum absolute atomic E-state index is 0.106. The van der Waals surface area contributed by atoms with Gasteiger partial charge in [-0.3, -0.25) is 0 Å². The molecular weight excluding hydrogens is 574 g/mol. The van der Waals surface area contributed by atoms with E-state index >= 15 is 0 Å². The molecule has 0 saturated carbocycles. The minimum Gasteiger partial charge on any atom is -0.456 e. The predicted octanol–water partition coefficient (Wildman–Crippen LogP) is 11.0. The quantitative estimate of drug-likeness (QED) is 0.196. The van der Waals surface area contributed by atoms with E-state index in [4.69, 9.17) is 19.4 Å². The minimum atomic E-state index is 0.106. The number of rotatable bonds is 5. The highest BCUT2D eigenvalue weighted by molar-refractivity contribution is 6.12. The zero-order chi connectivity index (χ0) is 31.2. The lowest BCUT2D eigenvalue weighted by Crippen LogP contribution is -2.07. The molecule has 2 heterocycles. The van der Waals surface area contributed by atoms with Crippen molar-refractivity contribution in [1.82, 2.24) is 15.0 Å². The molecule has 9 rings (SSSR count). The lowest BCUT2D eigenvalue weighted by atomic mass is 9.93. The molecule has 1 atom stereocenters. The number of para-hydroxylation sites is 1. The molecule has 0 bridgehead atoms. The first kappa shape index (κ1) is 27.4. The fraction of sp³-hybridized carbons (Fsp3) is 0.0930. The largest absolute Gasteiger partial charge is 0.456 e. The van der Waals surface area contributed by atoms with Gasteiger partial charge in [0.25, 0.3) is 0 Å². The van der Waals surface area contributed by atoms with Crippen molar-refractivity contribution >= 4 is 28.0 Å². The second-order valence-electron chi connectivity index (χ2n) is 12.3. The van der Waals surface area contributed by atoms with Gasteiger partial charge in [0.15, 0.2) is 11.6 Å². The van der Waals surface area contributed by atoms with Crippen molar-refractivity contribution in [2.75, 3.05) is 0 Å². The number of furan rings is 1. The summed E-state index contributed by atoms with van der Waals surface area (Å²) in [5, 5.41) is 2.26. The van der Waals surface area contributed by atoms with E-state index < -0.39 is 0 Å². The SMILES string of the molecule is C1=CCC(c2nc(-c3ccc(-c4ccc5c(c4)C=CCC5)cc3)nc(-c3ccc(-c4cccc5oc6ccccc6c45)cc3)n2)C=C1. The predicted molar refractivity (Wildman–Crippen MR) is 192 cm³/mol. The summed E-state index contributed by atoms with van der Waals surface area (Å²) in [5.74, 6) is 2.26. The van der Waals surface area contributed by atoms with Crippen LogP contribution in [0.1, 0.15) is 35.7 Å². The summed E-state index contributed by atoms with van der Waals surface area (Å²) in [6, 6.07) is 38.4. The van der Waals surface area contributed by atoms with Crippen LogP contribution in [-0.2, 0) is 6.42 Å². The third kappa shape index (κ3) is 5.08. The maximum atomic E-state index is 6.15. The average Bonchev–Trinajstić information content (AvgIpc) is 3.54. The van der Waals surface area contributed by atoms with Crippen molar-refractivity contribution in [3.63, 3.8) is 0 Å². The van der Waals surface area contributed by atoms with Crippen LogP contribution in [0.25, 0.3) is 73.0 Å². The second-order valence-corrected chi connectivity index (χ2v) is 12.3. The van der Waals surface area contributed by atoms with E-state index in [-0.39, 0.29) is 5.92 Å². The van der Waals surface area contributed by atoms with Crippen LogP contribution in [0.15, 0.2) is 144 Å². The van der Waals surface area contributed by atoms with Gasteiger partial charge in [-0.15, -0.1) is 0 Å². The van der Waals surface area contributed by atoms with Crippen molar-refractivity contribution < 1.29 is 4.42 Å². The van der Waals surface area contributed by atoms with Crippen LogP contribution in [0.3, 0.4) is 0 Å². The number of fused-ring (bicyclic) bond motifs is 4. The lowest BCUT2D eigenvalue weighted by molar-refractivity contribution is 0.669. The molecule has 0 fully saturated rings. The average molecular weight is 606 g/mol. The van der Waals surface area contributed by atoms with E-state index in [0.717, 1.165) is 69.3 Å². The Morgan fingerprint density at radius 2 is 1.32 bits per heavy atom. The summed E-state index contributed by atoms with van der Waals surface area (Å²) in [5.41, 5.74) is 11.1. The Bertz CT molecular complexity index is 2380. The van der Waals surface area contributed by atoms with Gasteiger partial charge in [0.05, 0.1) is 0 Å². The molecule has 1 unspecified atom stereocenters. The zero-order valence-corrected chi connectivity index (χ0v) is 25.8. The number of aromatic nitrogens is 3. The molecule has 0 aliphatic heterocycles. The van der Waals surface area contributed by atoms with Gasteiger partial charge >= 0.3 is 0 Å². The Hall–Kier alpha value is -5.87. The number of allylic oxidation sites excluding steroid dienone is 5. The molecule has 0 N–H and O–H groups in total. The summed E-state index contributed by atoms with van der Waals surface area (Å²) >= 11 is 0. The Kier molecular flexibility index (Phi) is 6.71. The van der Waals surface area contributed by atoms with Crippen LogP contribution in [0.2, 0.25) is 0 Å². The van der Waals surface area contributed by atoms with Gasteiger partial charge in [-0.25, -0.2) is 15.0 Å². The van der Waals surface area contributed by atoms with Crippen LogP contribution >= 0.6 is 0 Å². The molecule has 4 nitrogen and oxygen atoms in total. The molecule has 224 valence electrons. The van der Waals surface area contributed by atoms with E-state index in [1.54, 1.807) is 0 Å². The van der Waals surface area contributed by atoms with Gasteiger partial charge in [-0.1, -0.05) is 127 Å². The van der Waals surface area contributed by atoms with Gasteiger partial charge < -0.3 is 4.42 Å².